The zero-order chi connectivity index (χ0) is 28.3. The number of Topliss-reactive ketones (excluding diaryl/α,β-unsaturated/α-hetero) is 1. The molecule has 0 spiro atoms. The molecule has 4 rings (SSSR count). The summed E-state index contributed by atoms with van der Waals surface area (Å²) < 4.78 is 23.2. The highest BCUT2D eigenvalue weighted by atomic mass is 16.5. The van der Waals surface area contributed by atoms with Crippen molar-refractivity contribution in [3.63, 3.8) is 0 Å². The third-order valence-corrected chi connectivity index (χ3v) is 6.55. The Morgan fingerprint density at radius 3 is 1.60 bits per heavy atom. The first-order valence-corrected chi connectivity index (χ1v) is 13.2. The van der Waals surface area contributed by atoms with Gasteiger partial charge in [-0.3, -0.25) is 9.69 Å². The molecule has 0 aromatic heterocycles. The first-order chi connectivity index (χ1) is 19.4. The number of ketones is 1. The van der Waals surface area contributed by atoms with Gasteiger partial charge in [0.15, 0.2) is 0 Å². The average Bonchev–Trinajstić information content (AvgIpc) is 2.97. The Hall–Kier alpha value is -4.33. The lowest BCUT2D eigenvalue weighted by molar-refractivity contribution is -0.118. The molecule has 0 saturated carbocycles. The molecule has 1 atom stereocenters. The van der Waals surface area contributed by atoms with Gasteiger partial charge < -0.3 is 24.7 Å². The molecule has 0 bridgehead atoms. The fourth-order valence-corrected chi connectivity index (χ4v) is 4.27. The summed E-state index contributed by atoms with van der Waals surface area (Å²) in [6.45, 7) is 3.31. The predicted molar refractivity (Wildman–Crippen MR) is 156 cm³/mol. The summed E-state index contributed by atoms with van der Waals surface area (Å²) >= 11 is 0. The standard InChI is InChI=1S/C33H36N2O5/c1-24(36)31(34)18-19-35(22-25-10-4-6-16-32(25)39-29-14-8-12-27(20-29)37-2)23-26-11-5-7-17-33(26)40-30-15-9-13-28(21-30)38-3/h4-17,20-21,31H,18-19,22-23,34H2,1-3H3/t31-/m0/s1. The van der Waals surface area contributed by atoms with E-state index in [1.165, 1.54) is 6.92 Å². The molecule has 40 heavy (non-hydrogen) atoms. The lowest BCUT2D eigenvalue weighted by Crippen LogP contribution is -2.34. The number of nitrogens with two attached hydrogens (primary N) is 1. The lowest BCUT2D eigenvalue weighted by atomic mass is 10.1. The fourth-order valence-electron chi connectivity index (χ4n) is 4.27. The van der Waals surface area contributed by atoms with Crippen molar-refractivity contribution in [2.24, 2.45) is 5.73 Å². The molecule has 208 valence electrons. The number of nitrogens with zero attached hydrogens (tertiary/aromatic N) is 1. The Labute approximate surface area is 236 Å². The molecule has 7 nitrogen and oxygen atoms in total. The molecule has 0 aliphatic carbocycles. The van der Waals surface area contributed by atoms with Crippen LogP contribution in [0.2, 0.25) is 0 Å². The largest absolute Gasteiger partial charge is 0.497 e. The number of ether oxygens (including phenoxy) is 4. The maximum absolute atomic E-state index is 11.9. The van der Waals surface area contributed by atoms with E-state index in [1.807, 2.05) is 97.1 Å². The first-order valence-electron chi connectivity index (χ1n) is 13.2. The van der Waals surface area contributed by atoms with Crippen LogP contribution in [0.1, 0.15) is 24.5 Å². The van der Waals surface area contributed by atoms with Gasteiger partial charge in [0, 0.05) is 42.9 Å². The van der Waals surface area contributed by atoms with Gasteiger partial charge in [-0.25, -0.2) is 0 Å². The molecule has 2 N–H and O–H groups in total. The number of carbonyl (C=O) groups is 1. The summed E-state index contributed by atoms with van der Waals surface area (Å²) in [5.74, 6) is 4.30. The topological polar surface area (TPSA) is 83.2 Å². The fraction of sp³-hybridized carbons (Fsp3) is 0.242. The Balaban J connectivity index is 1.58. The number of para-hydroxylation sites is 2. The van der Waals surface area contributed by atoms with E-state index >= 15 is 0 Å². The third kappa shape index (κ3) is 8.09. The van der Waals surface area contributed by atoms with Crippen LogP contribution in [0.4, 0.5) is 0 Å². The zero-order valence-corrected chi connectivity index (χ0v) is 23.2. The number of hydrogen-bond acceptors (Lipinski definition) is 7. The normalized spacial score (nSPS) is 11.6. The predicted octanol–water partition coefficient (Wildman–Crippen LogP) is 6.60. The van der Waals surface area contributed by atoms with Crippen LogP contribution in [0.3, 0.4) is 0 Å². The van der Waals surface area contributed by atoms with Crippen LogP contribution in [0.15, 0.2) is 97.1 Å². The minimum atomic E-state index is -0.519. The molecule has 0 aliphatic rings. The quantitative estimate of drug-likeness (QED) is 0.193. The van der Waals surface area contributed by atoms with Gasteiger partial charge in [0.25, 0.3) is 0 Å². The molecule has 0 radical (unpaired) electrons. The van der Waals surface area contributed by atoms with Gasteiger partial charge >= 0.3 is 0 Å². The van der Waals surface area contributed by atoms with E-state index in [-0.39, 0.29) is 5.78 Å². The van der Waals surface area contributed by atoms with Crippen molar-refractivity contribution < 1.29 is 23.7 Å². The first kappa shape index (κ1) is 28.7. The molecule has 0 heterocycles. The highest BCUT2D eigenvalue weighted by molar-refractivity contribution is 5.81. The highest BCUT2D eigenvalue weighted by Crippen LogP contribution is 2.31. The summed E-state index contributed by atoms with van der Waals surface area (Å²) in [7, 11) is 3.26. The van der Waals surface area contributed by atoms with Crippen LogP contribution in [-0.2, 0) is 17.9 Å². The average molecular weight is 541 g/mol. The Bertz CT molecular complexity index is 1310. The molecule has 4 aromatic rings. The van der Waals surface area contributed by atoms with Gasteiger partial charge in [0.05, 0.1) is 20.3 Å². The number of hydrogen-bond donors (Lipinski definition) is 1. The van der Waals surface area contributed by atoms with E-state index in [0.29, 0.717) is 37.6 Å². The summed E-state index contributed by atoms with van der Waals surface area (Å²) in [6, 6.07) is 30.4. The van der Waals surface area contributed by atoms with E-state index in [4.69, 9.17) is 24.7 Å². The molecule has 0 saturated heterocycles. The smallest absolute Gasteiger partial charge is 0.146 e. The van der Waals surface area contributed by atoms with E-state index < -0.39 is 6.04 Å². The van der Waals surface area contributed by atoms with Gasteiger partial charge in [0.1, 0.15) is 40.3 Å². The molecular weight excluding hydrogens is 504 g/mol. The second-order valence-corrected chi connectivity index (χ2v) is 9.49. The van der Waals surface area contributed by atoms with Crippen LogP contribution in [-0.4, -0.2) is 37.5 Å². The highest BCUT2D eigenvalue weighted by Gasteiger charge is 2.17. The minimum absolute atomic E-state index is 0.0246. The second-order valence-electron chi connectivity index (χ2n) is 9.49. The zero-order valence-electron chi connectivity index (χ0n) is 23.2. The van der Waals surface area contributed by atoms with Crippen LogP contribution in [0, 0.1) is 0 Å². The number of carbonyl (C=O) groups excluding carboxylic acids is 1. The van der Waals surface area contributed by atoms with E-state index in [1.54, 1.807) is 14.2 Å². The van der Waals surface area contributed by atoms with E-state index in [9.17, 15) is 4.79 Å². The monoisotopic (exact) mass is 540 g/mol. The summed E-state index contributed by atoms with van der Waals surface area (Å²) in [5.41, 5.74) is 8.14. The van der Waals surface area contributed by atoms with Gasteiger partial charge in [-0.1, -0.05) is 48.5 Å². The summed E-state index contributed by atoms with van der Waals surface area (Å²) in [4.78, 5) is 14.1. The van der Waals surface area contributed by atoms with Gasteiger partial charge in [-0.15, -0.1) is 0 Å². The van der Waals surface area contributed by atoms with Crippen molar-refractivity contribution in [3.8, 4) is 34.5 Å². The summed E-state index contributed by atoms with van der Waals surface area (Å²) in [5, 5.41) is 0. The van der Waals surface area contributed by atoms with Crippen molar-refractivity contribution >= 4 is 5.78 Å². The van der Waals surface area contributed by atoms with Crippen LogP contribution in [0.25, 0.3) is 0 Å². The number of methoxy groups -OCH3 is 2. The minimum Gasteiger partial charge on any atom is -0.497 e. The Morgan fingerprint density at radius 2 is 1.15 bits per heavy atom. The Kier molecular flexibility index (Phi) is 10.2. The molecule has 0 amide bonds. The molecule has 0 unspecified atom stereocenters. The van der Waals surface area contributed by atoms with Gasteiger partial charge in [-0.05, 0) is 49.7 Å². The molecule has 0 aliphatic heterocycles. The Morgan fingerprint density at radius 1 is 0.700 bits per heavy atom. The van der Waals surface area contributed by atoms with Gasteiger partial charge in [-0.2, -0.15) is 0 Å². The van der Waals surface area contributed by atoms with E-state index in [0.717, 1.165) is 34.1 Å². The van der Waals surface area contributed by atoms with Crippen molar-refractivity contribution in [3.05, 3.63) is 108 Å². The third-order valence-electron chi connectivity index (χ3n) is 6.55. The van der Waals surface area contributed by atoms with Crippen LogP contribution < -0.4 is 24.7 Å². The SMILES string of the molecule is COc1cccc(Oc2ccccc2CN(CC[C@H](N)C(C)=O)Cc2ccccc2Oc2cccc(OC)c2)c1. The molecule has 0 fully saturated rings. The number of benzene rings is 4. The van der Waals surface area contributed by atoms with Crippen LogP contribution >= 0.6 is 0 Å². The van der Waals surface area contributed by atoms with Crippen molar-refractivity contribution in [2.45, 2.75) is 32.5 Å². The van der Waals surface area contributed by atoms with Crippen molar-refractivity contribution in [1.82, 2.24) is 4.90 Å². The molecule has 7 heteroatoms. The lowest BCUT2D eigenvalue weighted by Gasteiger charge is -2.26. The maximum atomic E-state index is 11.9. The van der Waals surface area contributed by atoms with Crippen LogP contribution in [0.5, 0.6) is 34.5 Å². The van der Waals surface area contributed by atoms with E-state index in [2.05, 4.69) is 4.90 Å². The van der Waals surface area contributed by atoms with Crippen molar-refractivity contribution in [2.75, 3.05) is 20.8 Å². The second kappa shape index (κ2) is 14.2. The van der Waals surface area contributed by atoms with Crippen molar-refractivity contribution in [1.29, 1.82) is 0 Å². The molecule has 4 aromatic carbocycles. The number of rotatable bonds is 14. The van der Waals surface area contributed by atoms with Gasteiger partial charge in [0.2, 0.25) is 0 Å². The maximum Gasteiger partial charge on any atom is 0.146 e. The molecular formula is C33H36N2O5. The summed E-state index contributed by atoms with van der Waals surface area (Å²) in [6.07, 6.45) is 0.535.